The zero-order valence-electron chi connectivity index (χ0n) is 10.4. The van der Waals surface area contributed by atoms with Crippen LogP contribution < -0.4 is 11.1 Å². The van der Waals surface area contributed by atoms with E-state index in [-0.39, 0.29) is 18.6 Å². The quantitative estimate of drug-likeness (QED) is 0.619. The summed E-state index contributed by atoms with van der Waals surface area (Å²) >= 11 is 0. The van der Waals surface area contributed by atoms with Crippen molar-refractivity contribution in [2.45, 2.75) is 24.9 Å². The fourth-order valence-electron chi connectivity index (χ4n) is 1.65. The summed E-state index contributed by atoms with van der Waals surface area (Å²) in [6, 6.07) is 8.78. The van der Waals surface area contributed by atoms with Crippen LogP contribution in [0.15, 0.2) is 43.0 Å². The third-order valence-corrected chi connectivity index (χ3v) is 2.65. The molecule has 98 valence electrons. The van der Waals surface area contributed by atoms with Gasteiger partial charge in [-0.3, -0.25) is 4.79 Å². The van der Waals surface area contributed by atoms with Crippen LogP contribution in [-0.4, -0.2) is 29.7 Å². The van der Waals surface area contributed by atoms with E-state index in [2.05, 4.69) is 11.9 Å². The molecule has 4 nitrogen and oxygen atoms in total. The number of amides is 1. The first-order chi connectivity index (χ1) is 8.67. The van der Waals surface area contributed by atoms with Crippen LogP contribution in [0.5, 0.6) is 0 Å². The van der Waals surface area contributed by atoms with Gasteiger partial charge in [0.25, 0.3) is 0 Å². The second-order valence-electron chi connectivity index (χ2n) is 4.21. The van der Waals surface area contributed by atoms with Gasteiger partial charge < -0.3 is 16.2 Å². The molecule has 1 rings (SSSR count). The molecule has 0 heterocycles. The van der Waals surface area contributed by atoms with Gasteiger partial charge in [-0.05, 0) is 18.4 Å². The molecule has 0 aromatic heterocycles. The fourth-order valence-corrected chi connectivity index (χ4v) is 1.65. The average molecular weight is 248 g/mol. The van der Waals surface area contributed by atoms with Gasteiger partial charge in [0.05, 0.1) is 18.7 Å². The zero-order valence-corrected chi connectivity index (χ0v) is 10.4. The summed E-state index contributed by atoms with van der Waals surface area (Å²) in [5.74, 6) is -0.259. The van der Waals surface area contributed by atoms with Crippen LogP contribution in [0.1, 0.15) is 12.0 Å². The van der Waals surface area contributed by atoms with E-state index in [1.165, 1.54) is 0 Å². The van der Waals surface area contributed by atoms with E-state index in [0.717, 1.165) is 5.56 Å². The van der Waals surface area contributed by atoms with Crippen molar-refractivity contribution in [2.75, 3.05) is 6.61 Å². The summed E-state index contributed by atoms with van der Waals surface area (Å²) in [4.78, 5) is 11.7. The fraction of sp³-hybridized carbons (Fsp3) is 0.357. The Morgan fingerprint density at radius 2 is 2.11 bits per heavy atom. The van der Waals surface area contributed by atoms with Crippen molar-refractivity contribution in [3.05, 3.63) is 48.6 Å². The molecule has 2 atom stereocenters. The minimum Gasteiger partial charge on any atom is -0.394 e. The van der Waals surface area contributed by atoms with Crippen LogP contribution in [-0.2, 0) is 11.2 Å². The minimum atomic E-state index is -0.604. The van der Waals surface area contributed by atoms with E-state index in [1.54, 1.807) is 6.08 Å². The molecule has 0 aliphatic heterocycles. The van der Waals surface area contributed by atoms with Crippen molar-refractivity contribution >= 4 is 5.91 Å². The number of nitrogens with two attached hydrogens (primary N) is 1. The summed E-state index contributed by atoms with van der Waals surface area (Å²) in [5, 5.41) is 12.0. The summed E-state index contributed by atoms with van der Waals surface area (Å²) in [7, 11) is 0. The summed E-state index contributed by atoms with van der Waals surface area (Å²) < 4.78 is 0. The highest BCUT2D eigenvalue weighted by Gasteiger charge is 2.16. The number of carbonyl (C=O) groups is 1. The van der Waals surface area contributed by atoms with Gasteiger partial charge in [-0.25, -0.2) is 0 Å². The molecule has 1 aromatic carbocycles. The predicted octanol–water partition coefficient (Wildman–Crippen LogP) is 0.610. The van der Waals surface area contributed by atoms with Crippen molar-refractivity contribution in [2.24, 2.45) is 5.73 Å². The van der Waals surface area contributed by atoms with Crippen molar-refractivity contribution in [1.82, 2.24) is 5.32 Å². The molecule has 0 aliphatic carbocycles. The Labute approximate surface area is 108 Å². The molecule has 1 aromatic rings. The molecule has 0 bridgehead atoms. The lowest BCUT2D eigenvalue weighted by Crippen LogP contribution is -2.47. The predicted molar refractivity (Wildman–Crippen MR) is 72.0 cm³/mol. The molecule has 0 fully saturated rings. The SMILES string of the molecule is C=CCC(N)C(=O)NC(CO)Cc1ccccc1. The van der Waals surface area contributed by atoms with E-state index in [9.17, 15) is 9.90 Å². The Morgan fingerprint density at radius 1 is 1.44 bits per heavy atom. The Bertz CT molecular complexity index is 379. The van der Waals surface area contributed by atoms with Crippen molar-refractivity contribution < 1.29 is 9.90 Å². The first-order valence-corrected chi connectivity index (χ1v) is 5.99. The maximum atomic E-state index is 11.7. The molecule has 0 spiro atoms. The largest absolute Gasteiger partial charge is 0.394 e. The smallest absolute Gasteiger partial charge is 0.237 e. The van der Waals surface area contributed by atoms with Gasteiger partial charge in [-0.1, -0.05) is 36.4 Å². The van der Waals surface area contributed by atoms with Gasteiger partial charge in [0.15, 0.2) is 0 Å². The van der Waals surface area contributed by atoms with E-state index in [4.69, 9.17) is 5.73 Å². The highest BCUT2D eigenvalue weighted by atomic mass is 16.3. The number of hydrogen-bond acceptors (Lipinski definition) is 3. The number of nitrogens with one attached hydrogen (secondary N) is 1. The van der Waals surface area contributed by atoms with E-state index >= 15 is 0 Å². The third kappa shape index (κ3) is 4.69. The van der Waals surface area contributed by atoms with E-state index in [1.807, 2.05) is 30.3 Å². The number of carbonyl (C=O) groups excluding carboxylic acids is 1. The van der Waals surface area contributed by atoms with Gasteiger partial charge >= 0.3 is 0 Å². The van der Waals surface area contributed by atoms with Crippen LogP contribution in [0, 0.1) is 0 Å². The van der Waals surface area contributed by atoms with Crippen LogP contribution in [0.4, 0.5) is 0 Å². The Balaban J connectivity index is 2.52. The summed E-state index contributed by atoms with van der Waals surface area (Å²) in [5.41, 5.74) is 6.72. The van der Waals surface area contributed by atoms with Gasteiger partial charge in [0.2, 0.25) is 5.91 Å². The number of benzene rings is 1. The number of hydrogen-bond donors (Lipinski definition) is 3. The molecule has 4 heteroatoms. The highest BCUT2D eigenvalue weighted by Crippen LogP contribution is 2.03. The van der Waals surface area contributed by atoms with Gasteiger partial charge in [0, 0.05) is 0 Å². The van der Waals surface area contributed by atoms with E-state index < -0.39 is 6.04 Å². The Kier molecular flexibility index (Phi) is 6.11. The first-order valence-electron chi connectivity index (χ1n) is 5.99. The van der Waals surface area contributed by atoms with E-state index in [0.29, 0.717) is 12.8 Å². The standard InChI is InChI=1S/C14H20N2O2/c1-2-6-13(15)14(18)16-12(10-17)9-11-7-4-3-5-8-11/h2-5,7-8,12-13,17H,1,6,9-10,15H2,(H,16,18). The normalized spacial score (nSPS) is 13.7. The monoisotopic (exact) mass is 248 g/mol. The molecule has 0 radical (unpaired) electrons. The molecule has 0 saturated carbocycles. The summed E-state index contributed by atoms with van der Waals surface area (Å²) in [6.45, 7) is 3.43. The molecule has 1 amide bonds. The average Bonchev–Trinajstić information content (AvgIpc) is 2.39. The molecule has 2 unspecified atom stereocenters. The number of rotatable bonds is 7. The molecule has 4 N–H and O–H groups in total. The first kappa shape index (κ1) is 14.4. The van der Waals surface area contributed by atoms with Crippen LogP contribution >= 0.6 is 0 Å². The maximum absolute atomic E-state index is 11.7. The van der Waals surface area contributed by atoms with Gasteiger partial charge in [0.1, 0.15) is 0 Å². The minimum absolute atomic E-state index is 0.110. The van der Waals surface area contributed by atoms with Crippen molar-refractivity contribution in [3.63, 3.8) is 0 Å². The van der Waals surface area contributed by atoms with Crippen LogP contribution in [0.2, 0.25) is 0 Å². The van der Waals surface area contributed by atoms with Crippen LogP contribution in [0.25, 0.3) is 0 Å². The molecular weight excluding hydrogens is 228 g/mol. The zero-order chi connectivity index (χ0) is 13.4. The molecule has 18 heavy (non-hydrogen) atoms. The Hall–Kier alpha value is -1.65. The molecule has 0 aliphatic rings. The molecular formula is C14H20N2O2. The summed E-state index contributed by atoms with van der Waals surface area (Å²) in [6.07, 6.45) is 2.62. The molecule has 0 saturated heterocycles. The van der Waals surface area contributed by atoms with Gasteiger partial charge in [-0.15, -0.1) is 6.58 Å². The third-order valence-electron chi connectivity index (χ3n) is 2.65. The lowest BCUT2D eigenvalue weighted by atomic mass is 10.1. The van der Waals surface area contributed by atoms with Crippen molar-refractivity contribution in [1.29, 1.82) is 0 Å². The van der Waals surface area contributed by atoms with Crippen molar-refractivity contribution in [3.8, 4) is 0 Å². The Morgan fingerprint density at radius 3 is 2.67 bits per heavy atom. The second-order valence-corrected chi connectivity index (χ2v) is 4.21. The highest BCUT2D eigenvalue weighted by molar-refractivity contribution is 5.81. The lowest BCUT2D eigenvalue weighted by molar-refractivity contribution is -0.123. The topological polar surface area (TPSA) is 75.4 Å². The lowest BCUT2D eigenvalue weighted by Gasteiger charge is -2.18. The maximum Gasteiger partial charge on any atom is 0.237 e. The number of aliphatic hydroxyl groups is 1. The number of aliphatic hydroxyl groups excluding tert-OH is 1. The van der Waals surface area contributed by atoms with Crippen LogP contribution in [0.3, 0.4) is 0 Å². The second kappa shape index (κ2) is 7.63. The van der Waals surface area contributed by atoms with Gasteiger partial charge in [-0.2, -0.15) is 0 Å².